The molecule has 0 aliphatic heterocycles. The average Bonchev–Trinajstić information content (AvgIpc) is 3.01. The first kappa shape index (κ1) is 17.2. The molecule has 10 heteroatoms. The summed E-state index contributed by atoms with van der Waals surface area (Å²) in [6, 6.07) is 2.29. The van der Waals surface area contributed by atoms with Crippen molar-refractivity contribution in [2.24, 2.45) is 0 Å². The zero-order chi connectivity index (χ0) is 17.0. The van der Waals surface area contributed by atoms with Crippen molar-refractivity contribution in [1.29, 1.82) is 0 Å². The Kier molecular flexibility index (Phi) is 5.53. The summed E-state index contributed by atoms with van der Waals surface area (Å²) < 4.78 is 55.2. The number of nitrogens with zero attached hydrogens (tertiary/aromatic N) is 1. The fourth-order valence-electron chi connectivity index (χ4n) is 1.89. The number of halogens is 2. The number of benzene rings is 1. The van der Waals surface area contributed by atoms with Gasteiger partial charge in [-0.2, -0.15) is 0 Å². The highest BCUT2D eigenvalue weighted by molar-refractivity contribution is 7.77. The summed E-state index contributed by atoms with van der Waals surface area (Å²) in [6.45, 7) is 1.10. The lowest BCUT2D eigenvalue weighted by atomic mass is 10.0. The van der Waals surface area contributed by atoms with E-state index in [1.54, 1.807) is 0 Å². The van der Waals surface area contributed by atoms with E-state index in [4.69, 9.17) is 0 Å². The Balaban J connectivity index is 2.14. The van der Waals surface area contributed by atoms with E-state index in [0.717, 1.165) is 12.1 Å². The van der Waals surface area contributed by atoms with Crippen molar-refractivity contribution in [2.75, 3.05) is 0 Å². The van der Waals surface area contributed by atoms with Gasteiger partial charge in [-0.1, -0.05) is 5.16 Å². The van der Waals surface area contributed by atoms with Crippen molar-refractivity contribution in [3.05, 3.63) is 52.9 Å². The Morgan fingerprint density at radius 1 is 1.43 bits per heavy atom. The third-order valence-electron chi connectivity index (χ3n) is 3.03. The second-order valence-corrected chi connectivity index (χ2v) is 5.36. The third-order valence-corrected chi connectivity index (χ3v) is 3.41. The monoisotopic (exact) mass is 344 g/mol. The van der Waals surface area contributed by atoms with Crippen LogP contribution >= 0.6 is 0 Å². The molecule has 2 aromatic rings. The van der Waals surface area contributed by atoms with Gasteiger partial charge in [0.2, 0.25) is 0 Å². The van der Waals surface area contributed by atoms with Crippen molar-refractivity contribution < 1.29 is 26.9 Å². The van der Waals surface area contributed by atoms with Gasteiger partial charge in [0.1, 0.15) is 17.9 Å². The fourth-order valence-corrected chi connectivity index (χ4v) is 2.16. The van der Waals surface area contributed by atoms with Crippen molar-refractivity contribution in [2.45, 2.75) is 19.5 Å². The van der Waals surface area contributed by atoms with Gasteiger partial charge in [-0.3, -0.25) is 9.00 Å². The highest BCUT2D eigenvalue weighted by Gasteiger charge is 2.18. The molecule has 0 saturated carbocycles. The lowest BCUT2D eigenvalue weighted by Crippen LogP contribution is -2.27. The second kappa shape index (κ2) is 7.40. The Hall–Kier alpha value is -2.17. The predicted octanol–water partition coefficient (Wildman–Crippen LogP) is 1.33. The molecule has 0 spiro atoms. The highest BCUT2D eigenvalue weighted by atomic mass is 32.2. The van der Waals surface area contributed by atoms with Gasteiger partial charge in [0.05, 0.1) is 6.04 Å². The quantitative estimate of drug-likeness (QED) is 0.769. The maximum absolute atomic E-state index is 14.1. The van der Waals surface area contributed by atoms with Crippen molar-refractivity contribution in [3.8, 4) is 0 Å². The number of nitrogens with one attached hydrogen (secondary N) is 2. The summed E-state index contributed by atoms with van der Waals surface area (Å²) >= 11 is -2.58. The molecule has 1 aromatic carbocycles. The zero-order valence-electron chi connectivity index (χ0n) is 11.8. The summed E-state index contributed by atoms with van der Waals surface area (Å²) in [5.41, 5.74) is -0.215. The summed E-state index contributed by atoms with van der Waals surface area (Å²) in [7, 11) is 0. The molecule has 0 fully saturated rings. The van der Waals surface area contributed by atoms with Crippen LogP contribution in [0.1, 0.15) is 34.6 Å². The Morgan fingerprint density at radius 3 is 2.78 bits per heavy atom. The van der Waals surface area contributed by atoms with Gasteiger partial charge < -0.3 is 14.4 Å². The largest absolute Gasteiger partial charge is 0.760 e. The van der Waals surface area contributed by atoms with E-state index in [0.29, 0.717) is 0 Å². The lowest BCUT2D eigenvalue weighted by molar-refractivity contribution is 0.0930. The molecule has 2 rings (SSSR count). The van der Waals surface area contributed by atoms with Crippen molar-refractivity contribution in [1.82, 2.24) is 15.2 Å². The molecule has 1 aromatic heterocycles. The molecule has 124 valence electrons. The second-order valence-electron chi connectivity index (χ2n) is 4.60. The fraction of sp³-hybridized carbons (Fsp3) is 0.231. The van der Waals surface area contributed by atoms with Crippen LogP contribution in [0.4, 0.5) is 8.78 Å². The van der Waals surface area contributed by atoms with Gasteiger partial charge in [-0.25, -0.2) is 13.5 Å². The van der Waals surface area contributed by atoms with Gasteiger partial charge in [0.15, 0.2) is 5.69 Å². The van der Waals surface area contributed by atoms with Gasteiger partial charge in [-0.15, -0.1) is 0 Å². The van der Waals surface area contributed by atoms with E-state index in [1.807, 2.05) is 4.72 Å². The van der Waals surface area contributed by atoms with Crippen LogP contribution in [0.5, 0.6) is 0 Å². The predicted molar refractivity (Wildman–Crippen MR) is 74.5 cm³/mol. The van der Waals surface area contributed by atoms with Crippen LogP contribution in [0.15, 0.2) is 29.0 Å². The first-order valence-electron chi connectivity index (χ1n) is 6.40. The van der Waals surface area contributed by atoms with E-state index in [1.165, 1.54) is 19.3 Å². The molecule has 0 saturated heterocycles. The first-order valence-corrected chi connectivity index (χ1v) is 7.47. The van der Waals surface area contributed by atoms with Crippen molar-refractivity contribution >= 4 is 17.2 Å². The highest BCUT2D eigenvalue weighted by Crippen LogP contribution is 2.21. The molecule has 1 heterocycles. The maximum Gasteiger partial charge on any atom is 0.273 e. The zero-order valence-corrected chi connectivity index (χ0v) is 12.7. The number of aromatic nitrogens is 1. The number of hydrogen-bond acceptors (Lipinski definition) is 5. The van der Waals surface area contributed by atoms with E-state index >= 15 is 0 Å². The molecule has 2 unspecified atom stereocenters. The Morgan fingerprint density at radius 2 is 2.17 bits per heavy atom. The summed E-state index contributed by atoms with van der Waals surface area (Å²) in [5, 5.41) is 5.89. The molecule has 0 aliphatic rings. The van der Waals surface area contributed by atoms with Gasteiger partial charge in [0, 0.05) is 35.0 Å². The molecule has 1 amide bonds. The SMILES string of the molecule is CC(NC(=O)c1ccon1)c1cc(F)c(CNS(=O)[O-])cc1F. The van der Waals surface area contributed by atoms with E-state index in [9.17, 15) is 22.3 Å². The lowest BCUT2D eigenvalue weighted by Gasteiger charge is -2.16. The maximum atomic E-state index is 14.1. The standard InChI is InChI=1S/C13H13F2N3O4S/c1-7(17-13(19)12-2-3-22-18-12)9-5-10(14)8(4-11(9)15)6-16-23(20)21/h2-5,7,16H,6H2,1H3,(H,17,19)(H,20,21)/p-1. The third kappa shape index (κ3) is 4.41. The first-order chi connectivity index (χ1) is 10.9. The van der Waals surface area contributed by atoms with Crippen LogP contribution in [-0.4, -0.2) is 19.8 Å². The Bertz CT molecular complexity index is 724. The average molecular weight is 344 g/mol. The van der Waals surface area contributed by atoms with Crippen LogP contribution < -0.4 is 10.0 Å². The molecular formula is C13H12F2N3O4S-. The molecule has 2 atom stereocenters. The minimum absolute atomic E-state index is 0.0106. The number of carbonyl (C=O) groups excluding carboxylic acids is 1. The molecule has 0 bridgehead atoms. The van der Waals surface area contributed by atoms with Gasteiger partial charge >= 0.3 is 0 Å². The Labute approximate surface area is 132 Å². The molecule has 2 N–H and O–H groups in total. The van der Waals surface area contributed by atoms with Crippen molar-refractivity contribution in [3.63, 3.8) is 0 Å². The van der Waals surface area contributed by atoms with Crippen LogP contribution in [0, 0.1) is 11.6 Å². The van der Waals surface area contributed by atoms with Gasteiger partial charge in [0.25, 0.3) is 5.91 Å². The number of rotatable bonds is 6. The summed E-state index contributed by atoms with van der Waals surface area (Å²) in [5.74, 6) is -2.16. The summed E-state index contributed by atoms with van der Waals surface area (Å²) in [6.07, 6.45) is 1.21. The van der Waals surface area contributed by atoms with Crippen LogP contribution in [0.3, 0.4) is 0 Å². The number of carbonyl (C=O) groups is 1. The summed E-state index contributed by atoms with van der Waals surface area (Å²) in [4.78, 5) is 11.8. The molecule has 0 aliphatic carbocycles. The number of hydrogen-bond donors (Lipinski definition) is 2. The van der Waals surface area contributed by atoms with Crippen LogP contribution in [0.25, 0.3) is 0 Å². The smallest absolute Gasteiger partial charge is 0.273 e. The number of amides is 1. The van der Waals surface area contributed by atoms with Crippen LogP contribution in [0.2, 0.25) is 0 Å². The van der Waals surface area contributed by atoms with Gasteiger partial charge in [-0.05, 0) is 19.1 Å². The minimum Gasteiger partial charge on any atom is -0.760 e. The van der Waals surface area contributed by atoms with E-state index in [-0.39, 0.29) is 23.4 Å². The minimum atomic E-state index is -2.58. The normalized spacial score (nSPS) is 13.6. The topological polar surface area (TPSA) is 107 Å². The molecule has 23 heavy (non-hydrogen) atoms. The molecular weight excluding hydrogens is 332 g/mol. The van der Waals surface area contributed by atoms with E-state index in [2.05, 4.69) is 15.0 Å². The van der Waals surface area contributed by atoms with Crippen LogP contribution in [-0.2, 0) is 17.8 Å². The molecule has 7 nitrogen and oxygen atoms in total. The molecule has 0 radical (unpaired) electrons. The van der Waals surface area contributed by atoms with E-state index < -0.39 is 34.8 Å².